The molecule has 0 aromatic heterocycles. The maximum absolute atomic E-state index is 12.0. The maximum Gasteiger partial charge on any atom is 0.405 e. The zero-order valence-corrected chi connectivity index (χ0v) is 9.52. The molecule has 1 saturated heterocycles. The van der Waals surface area contributed by atoms with Gasteiger partial charge in [0, 0.05) is 12.5 Å². The summed E-state index contributed by atoms with van der Waals surface area (Å²) >= 11 is 0. The van der Waals surface area contributed by atoms with Crippen molar-refractivity contribution in [2.45, 2.75) is 38.1 Å². The Morgan fingerprint density at radius 2 is 1.94 bits per heavy atom. The number of rotatable bonds is 2. The number of likely N-dealkylation sites (tertiary alicyclic amines) is 1. The lowest BCUT2D eigenvalue weighted by atomic mass is 10.1. The van der Waals surface area contributed by atoms with E-state index >= 15 is 0 Å². The molecule has 0 spiro atoms. The number of hydrogen-bond acceptors (Lipinski definition) is 3. The summed E-state index contributed by atoms with van der Waals surface area (Å²) in [4.78, 5) is 35.7. The quantitative estimate of drug-likeness (QED) is 0.691. The van der Waals surface area contributed by atoms with Crippen molar-refractivity contribution >= 4 is 17.9 Å². The minimum atomic E-state index is -1.22. The van der Waals surface area contributed by atoms with Crippen LogP contribution >= 0.6 is 0 Å². The molecule has 0 unspecified atom stereocenters. The van der Waals surface area contributed by atoms with Crippen LogP contribution in [-0.2, 0) is 9.59 Å². The number of nitrogens with zero attached hydrogens (tertiary/aromatic N) is 1. The van der Waals surface area contributed by atoms with E-state index in [0.29, 0.717) is 13.0 Å². The van der Waals surface area contributed by atoms with E-state index in [4.69, 9.17) is 5.11 Å². The van der Waals surface area contributed by atoms with E-state index in [1.54, 1.807) is 0 Å². The number of carboxylic acid groups (broad SMARTS) is 1. The molecular weight excluding hydrogens is 224 g/mol. The fraction of sp³-hybridized carbons (Fsp3) is 0.727. The molecule has 6 nitrogen and oxygen atoms in total. The molecule has 2 fully saturated rings. The highest BCUT2D eigenvalue weighted by atomic mass is 16.4. The first kappa shape index (κ1) is 11.9. The lowest BCUT2D eigenvalue weighted by Gasteiger charge is -2.22. The van der Waals surface area contributed by atoms with E-state index in [1.165, 1.54) is 4.90 Å². The van der Waals surface area contributed by atoms with Gasteiger partial charge in [-0.1, -0.05) is 0 Å². The van der Waals surface area contributed by atoms with E-state index in [0.717, 1.165) is 25.7 Å². The van der Waals surface area contributed by atoms with E-state index in [1.807, 2.05) is 0 Å². The van der Waals surface area contributed by atoms with E-state index in [9.17, 15) is 14.4 Å². The van der Waals surface area contributed by atoms with E-state index in [-0.39, 0.29) is 17.7 Å². The van der Waals surface area contributed by atoms with Crippen molar-refractivity contribution in [3.8, 4) is 0 Å². The van der Waals surface area contributed by atoms with Crippen LogP contribution < -0.4 is 5.32 Å². The summed E-state index contributed by atoms with van der Waals surface area (Å²) in [6.07, 6.45) is 2.45. The lowest BCUT2D eigenvalue weighted by molar-refractivity contribution is -0.146. The molecule has 94 valence electrons. The van der Waals surface area contributed by atoms with Gasteiger partial charge in [-0.05, 0) is 32.1 Å². The predicted octanol–water partition coefficient (Wildman–Crippen LogP) is 0.572. The zero-order chi connectivity index (χ0) is 12.4. The highest BCUT2D eigenvalue weighted by molar-refractivity contribution is 6.00. The van der Waals surface area contributed by atoms with Crippen molar-refractivity contribution in [3.63, 3.8) is 0 Å². The van der Waals surface area contributed by atoms with Gasteiger partial charge < -0.3 is 10.4 Å². The average molecular weight is 240 g/mol. The molecule has 0 aromatic carbocycles. The second kappa shape index (κ2) is 4.73. The summed E-state index contributed by atoms with van der Waals surface area (Å²) in [7, 11) is 0. The number of nitrogens with one attached hydrogen (secondary N) is 1. The third-order valence-electron chi connectivity index (χ3n) is 3.18. The highest BCUT2D eigenvalue weighted by Crippen LogP contribution is 2.32. The monoisotopic (exact) mass is 240 g/mol. The lowest BCUT2D eigenvalue weighted by Crippen LogP contribution is -2.49. The van der Waals surface area contributed by atoms with Crippen molar-refractivity contribution < 1.29 is 19.5 Å². The molecule has 0 aromatic rings. The van der Waals surface area contributed by atoms with E-state index in [2.05, 4.69) is 5.32 Å². The van der Waals surface area contributed by atoms with Gasteiger partial charge in [0.2, 0.25) is 5.91 Å². The fourth-order valence-corrected chi connectivity index (χ4v) is 2.09. The summed E-state index contributed by atoms with van der Waals surface area (Å²) in [5.41, 5.74) is 0. The van der Waals surface area contributed by atoms with Gasteiger partial charge in [-0.3, -0.25) is 14.5 Å². The topological polar surface area (TPSA) is 86.7 Å². The van der Waals surface area contributed by atoms with Crippen molar-refractivity contribution in [1.29, 1.82) is 0 Å². The zero-order valence-electron chi connectivity index (χ0n) is 9.52. The Hall–Kier alpha value is -1.59. The Labute approximate surface area is 99.0 Å². The van der Waals surface area contributed by atoms with Gasteiger partial charge in [0.25, 0.3) is 5.91 Å². The van der Waals surface area contributed by atoms with Crippen molar-refractivity contribution in [2.24, 2.45) is 5.92 Å². The Morgan fingerprint density at radius 1 is 1.24 bits per heavy atom. The number of imide groups is 1. The Balaban J connectivity index is 2.06. The van der Waals surface area contributed by atoms with Crippen LogP contribution in [0.15, 0.2) is 0 Å². The van der Waals surface area contributed by atoms with Gasteiger partial charge in [0.15, 0.2) is 0 Å². The largest absolute Gasteiger partial charge is 0.465 e. The Morgan fingerprint density at radius 3 is 2.53 bits per heavy atom. The fourth-order valence-electron chi connectivity index (χ4n) is 2.09. The molecule has 2 N–H and O–H groups in total. The van der Waals surface area contributed by atoms with Crippen LogP contribution in [0.25, 0.3) is 0 Å². The molecule has 0 bridgehead atoms. The number of hydrogen-bond donors (Lipinski definition) is 2. The normalized spacial score (nSPS) is 25.3. The Kier molecular flexibility index (Phi) is 3.31. The molecule has 17 heavy (non-hydrogen) atoms. The molecule has 1 aliphatic heterocycles. The number of carbonyl (C=O) groups excluding carboxylic acids is 2. The van der Waals surface area contributed by atoms with Crippen LogP contribution in [0.4, 0.5) is 4.79 Å². The second-order valence-electron chi connectivity index (χ2n) is 4.60. The number of amides is 3. The third kappa shape index (κ3) is 2.75. The molecule has 2 aliphatic rings. The molecule has 6 heteroatoms. The molecule has 0 radical (unpaired) electrons. The van der Waals surface area contributed by atoms with Gasteiger partial charge in [-0.2, -0.15) is 0 Å². The highest BCUT2D eigenvalue weighted by Gasteiger charge is 2.39. The minimum absolute atomic E-state index is 0.0115. The van der Waals surface area contributed by atoms with Crippen LogP contribution in [0, 0.1) is 5.92 Å². The summed E-state index contributed by atoms with van der Waals surface area (Å²) < 4.78 is 0. The van der Waals surface area contributed by atoms with Crippen LogP contribution in [0.3, 0.4) is 0 Å². The SMILES string of the molecule is O=C(O)N[C@H]1CCCCN(C(=O)C2CC2)C1=O. The van der Waals surface area contributed by atoms with Crippen molar-refractivity contribution in [3.05, 3.63) is 0 Å². The van der Waals surface area contributed by atoms with Crippen molar-refractivity contribution in [1.82, 2.24) is 10.2 Å². The predicted molar refractivity (Wildman–Crippen MR) is 58.2 cm³/mol. The molecule has 1 atom stereocenters. The molecule has 1 aliphatic carbocycles. The second-order valence-corrected chi connectivity index (χ2v) is 4.60. The van der Waals surface area contributed by atoms with Crippen LogP contribution in [0.5, 0.6) is 0 Å². The molecule has 2 rings (SSSR count). The molecule has 1 saturated carbocycles. The first-order valence-corrected chi connectivity index (χ1v) is 5.94. The maximum atomic E-state index is 12.0. The molecule has 1 heterocycles. The van der Waals surface area contributed by atoms with Crippen LogP contribution in [0.2, 0.25) is 0 Å². The van der Waals surface area contributed by atoms with Gasteiger partial charge in [0.1, 0.15) is 6.04 Å². The first-order valence-electron chi connectivity index (χ1n) is 5.94. The summed E-state index contributed by atoms with van der Waals surface area (Å²) in [5, 5.41) is 10.8. The molecular formula is C11H16N2O4. The molecule has 3 amide bonds. The smallest absolute Gasteiger partial charge is 0.405 e. The van der Waals surface area contributed by atoms with Crippen molar-refractivity contribution in [2.75, 3.05) is 6.54 Å². The van der Waals surface area contributed by atoms with Gasteiger partial charge in [0.05, 0.1) is 0 Å². The van der Waals surface area contributed by atoms with Gasteiger partial charge in [-0.15, -0.1) is 0 Å². The van der Waals surface area contributed by atoms with Crippen LogP contribution in [-0.4, -0.2) is 40.5 Å². The summed E-state index contributed by atoms with van der Waals surface area (Å²) in [6.45, 7) is 0.423. The third-order valence-corrected chi connectivity index (χ3v) is 3.18. The van der Waals surface area contributed by atoms with Gasteiger partial charge >= 0.3 is 6.09 Å². The van der Waals surface area contributed by atoms with Crippen LogP contribution in [0.1, 0.15) is 32.1 Å². The number of carbonyl (C=O) groups is 3. The first-order chi connectivity index (χ1) is 8.09. The Bertz CT molecular complexity index is 351. The minimum Gasteiger partial charge on any atom is -0.465 e. The summed E-state index contributed by atoms with van der Waals surface area (Å²) in [5.74, 6) is -0.529. The van der Waals surface area contributed by atoms with Gasteiger partial charge in [-0.25, -0.2) is 4.79 Å². The van der Waals surface area contributed by atoms with E-state index < -0.39 is 12.1 Å². The standard InChI is InChI=1S/C11H16N2O4/c14-9(7-4-5-7)13-6-2-1-3-8(10(13)15)12-11(16)17/h7-8,12H,1-6H2,(H,16,17)/t8-/m0/s1. The summed E-state index contributed by atoms with van der Waals surface area (Å²) in [6, 6.07) is -0.766. The average Bonchev–Trinajstić information content (AvgIpc) is 3.08.